The van der Waals surface area contributed by atoms with Crippen molar-refractivity contribution < 1.29 is 13.2 Å². The fourth-order valence-electron chi connectivity index (χ4n) is 1.93. The average Bonchev–Trinajstić information content (AvgIpc) is 2.67. The Labute approximate surface area is 117 Å². The van der Waals surface area contributed by atoms with Gasteiger partial charge in [-0.1, -0.05) is 29.8 Å². The highest BCUT2D eigenvalue weighted by molar-refractivity contribution is 7.91. The lowest BCUT2D eigenvalue weighted by Gasteiger charge is -2.07. The van der Waals surface area contributed by atoms with E-state index in [2.05, 4.69) is 5.32 Å². The van der Waals surface area contributed by atoms with Crippen LogP contribution in [0, 0.1) is 0 Å². The topological polar surface area (TPSA) is 63.2 Å². The molecule has 1 aliphatic rings. The minimum Gasteiger partial charge on any atom is -0.349 e. The molecule has 1 fully saturated rings. The van der Waals surface area contributed by atoms with Gasteiger partial charge in [-0.2, -0.15) is 0 Å². The second kappa shape index (κ2) is 5.75. The Morgan fingerprint density at radius 3 is 2.74 bits per heavy atom. The Bertz CT molecular complexity index is 610. The number of carbonyl (C=O) groups excluding carboxylic acids is 1. The molecule has 0 spiro atoms. The van der Waals surface area contributed by atoms with Crippen LogP contribution >= 0.6 is 11.6 Å². The lowest BCUT2D eigenvalue weighted by atomic mass is 10.2. The lowest BCUT2D eigenvalue weighted by Crippen LogP contribution is -2.34. The number of amides is 1. The second-order valence-corrected chi connectivity index (χ2v) is 7.10. The van der Waals surface area contributed by atoms with Crippen LogP contribution < -0.4 is 5.32 Å². The molecule has 1 aliphatic heterocycles. The zero-order valence-electron chi connectivity index (χ0n) is 10.2. The second-order valence-electron chi connectivity index (χ2n) is 4.46. The molecule has 6 heteroatoms. The van der Waals surface area contributed by atoms with Gasteiger partial charge in [0.1, 0.15) is 0 Å². The number of benzene rings is 1. The van der Waals surface area contributed by atoms with E-state index in [0.717, 1.165) is 5.56 Å². The Hall–Kier alpha value is -1.33. The van der Waals surface area contributed by atoms with Crippen LogP contribution in [0.5, 0.6) is 0 Å². The third-order valence-electron chi connectivity index (χ3n) is 2.90. The molecular weight excluding hydrogens is 286 g/mol. The van der Waals surface area contributed by atoms with Gasteiger partial charge in [-0.05, 0) is 24.1 Å². The normalized spacial score (nSPS) is 21.6. The summed E-state index contributed by atoms with van der Waals surface area (Å²) >= 11 is 5.95. The summed E-state index contributed by atoms with van der Waals surface area (Å²) < 4.78 is 22.5. The summed E-state index contributed by atoms with van der Waals surface area (Å²) in [5.41, 5.74) is 0.748. The Balaban J connectivity index is 1.94. The van der Waals surface area contributed by atoms with Gasteiger partial charge in [0.25, 0.3) is 0 Å². The van der Waals surface area contributed by atoms with Crippen LogP contribution in [0.4, 0.5) is 0 Å². The predicted octanol–water partition coefficient (Wildman–Crippen LogP) is 1.66. The largest absolute Gasteiger partial charge is 0.349 e. The van der Waals surface area contributed by atoms with Crippen molar-refractivity contribution in [1.29, 1.82) is 0 Å². The molecular formula is C13H14ClNO3S. The fraction of sp³-hybridized carbons (Fsp3) is 0.308. The van der Waals surface area contributed by atoms with Gasteiger partial charge >= 0.3 is 0 Å². The molecule has 19 heavy (non-hydrogen) atoms. The van der Waals surface area contributed by atoms with Gasteiger partial charge in [0.15, 0.2) is 9.84 Å². The van der Waals surface area contributed by atoms with Crippen molar-refractivity contribution in [3.8, 4) is 0 Å². The third kappa shape index (κ3) is 4.08. The molecule has 0 bridgehead atoms. The number of halogens is 1. The first kappa shape index (κ1) is 14.1. The minimum atomic E-state index is -2.97. The van der Waals surface area contributed by atoms with Gasteiger partial charge in [-0.3, -0.25) is 4.79 Å². The summed E-state index contributed by atoms with van der Waals surface area (Å²) in [6, 6.07) is 6.89. The Morgan fingerprint density at radius 2 is 2.11 bits per heavy atom. The molecule has 1 saturated heterocycles. The van der Waals surface area contributed by atoms with Crippen LogP contribution in [0.25, 0.3) is 6.08 Å². The van der Waals surface area contributed by atoms with E-state index < -0.39 is 9.84 Å². The molecule has 1 N–H and O–H groups in total. The number of hydrogen-bond acceptors (Lipinski definition) is 3. The molecule has 4 nitrogen and oxygen atoms in total. The molecule has 0 unspecified atom stereocenters. The van der Waals surface area contributed by atoms with E-state index in [1.54, 1.807) is 18.2 Å². The molecule has 1 atom stereocenters. The average molecular weight is 300 g/mol. The first-order valence-electron chi connectivity index (χ1n) is 5.90. The number of rotatable bonds is 3. The zero-order valence-corrected chi connectivity index (χ0v) is 11.7. The van der Waals surface area contributed by atoms with Gasteiger partial charge in [-0.25, -0.2) is 8.42 Å². The van der Waals surface area contributed by atoms with Crippen molar-refractivity contribution in [1.82, 2.24) is 5.32 Å². The summed E-state index contributed by atoms with van der Waals surface area (Å²) in [6.07, 6.45) is 3.46. The Kier molecular flexibility index (Phi) is 4.27. The molecule has 1 amide bonds. The summed E-state index contributed by atoms with van der Waals surface area (Å²) in [5, 5.41) is 3.24. The maximum Gasteiger partial charge on any atom is 0.244 e. The Morgan fingerprint density at radius 1 is 1.37 bits per heavy atom. The number of carbonyl (C=O) groups is 1. The lowest BCUT2D eigenvalue weighted by molar-refractivity contribution is -0.116. The molecule has 0 radical (unpaired) electrons. The van der Waals surface area contributed by atoms with E-state index in [0.29, 0.717) is 11.4 Å². The van der Waals surface area contributed by atoms with Crippen LogP contribution in [0.3, 0.4) is 0 Å². The maximum atomic E-state index is 11.7. The van der Waals surface area contributed by atoms with E-state index in [1.165, 1.54) is 6.08 Å². The third-order valence-corrected chi connectivity index (χ3v) is 5.01. The molecule has 0 aromatic heterocycles. The van der Waals surface area contributed by atoms with E-state index in [-0.39, 0.29) is 23.5 Å². The van der Waals surface area contributed by atoms with E-state index in [9.17, 15) is 13.2 Å². The van der Waals surface area contributed by atoms with Crippen molar-refractivity contribution >= 4 is 33.4 Å². The molecule has 1 aromatic carbocycles. The van der Waals surface area contributed by atoms with Crippen LogP contribution in [0.15, 0.2) is 30.3 Å². The highest BCUT2D eigenvalue weighted by Crippen LogP contribution is 2.16. The molecule has 0 aliphatic carbocycles. The van der Waals surface area contributed by atoms with E-state index in [1.807, 2.05) is 12.1 Å². The van der Waals surface area contributed by atoms with E-state index in [4.69, 9.17) is 11.6 Å². The van der Waals surface area contributed by atoms with Crippen molar-refractivity contribution in [2.75, 3.05) is 11.5 Å². The van der Waals surface area contributed by atoms with Gasteiger partial charge < -0.3 is 5.32 Å². The molecule has 102 valence electrons. The van der Waals surface area contributed by atoms with Crippen molar-refractivity contribution in [3.63, 3.8) is 0 Å². The van der Waals surface area contributed by atoms with Gasteiger partial charge in [0.2, 0.25) is 5.91 Å². The summed E-state index contributed by atoms with van der Waals surface area (Å²) in [4.78, 5) is 11.7. The molecule has 1 aromatic rings. The monoisotopic (exact) mass is 299 g/mol. The predicted molar refractivity (Wildman–Crippen MR) is 75.7 cm³/mol. The summed E-state index contributed by atoms with van der Waals surface area (Å²) in [5.74, 6) is -0.132. The smallest absolute Gasteiger partial charge is 0.244 e. The van der Waals surface area contributed by atoms with Crippen molar-refractivity contribution in [3.05, 3.63) is 40.9 Å². The van der Waals surface area contributed by atoms with Crippen LogP contribution in [0.1, 0.15) is 12.0 Å². The molecule has 1 heterocycles. The van der Waals surface area contributed by atoms with Gasteiger partial charge in [0.05, 0.1) is 11.5 Å². The highest BCUT2D eigenvalue weighted by Gasteiger charge is 2.28. The van der Waals surface area contributed by atoms with Crippen LogP contribution in [-0.4, -0.2) is 31.9 Å². The molecule has 2 rings (SSSR count). The zero-order chi connectivity index (χ0) is 13.9. The maximum absolute atomic E-state index is 11.7. The van der Waals surface area contributed by atoms with Crippen LogP contribution in [0.2, 0.25) is 5.02 Å². The van der Waals surface area contributed by atoms with Gasteiger partial charge in [-0.15, -0.1) is 0 Å². The highest BCUT2D eigenvalue weighted by atomic mass is 35.5. The minimum absolute atomic E-state index is 0.0265. The first-order valence-corrected chi connectivity index (χ1v) is 8.10. The first-order chi connectivity index (χ1) is 8.96. The van der Waals surface area contributed by atoms with Crippen LogP contribution in [-0.2, 0) is 14.6 Å². The number of nitrogens with one attached hydrogen (secondary N) is 1. The molecule has 0 saturated carbocycles. The van der Waals surface area contributed by atoms with Crippen molar-refractivity contribution in [2.24, 2.45) is 0 Å². The standard InChI is InChI=1S/C13H14ClNO3S/c14-12-4-2-1-3-10(12)5-6-13(16)15-11-7-8-19(17,18)9-11/h1-6,11H,7-9H2,(H,15,16)/b6-5+/t11-/m0/s1. The number of sulfone groups is 1. The summed E-state index contributed by atoms with van der Waals surface area (Å²) in [7, 11) is -2.97. The summed E-state index contributed by atoms with van der Waals surface area (Å²) in [6.45, 7) is 0. The SMILES string of the molecule is O=C(/C=C/c1ccccc1Cl)N[C@H]1CCS(=O)(=O)C1. The van der Waals surface area contributed by atoms with E-state index >= 15 is 0 Å². The quantitative estimate of drug-likeness (QED) is 0.863. The fourth-order valence-corrected chi connectivity index (χ4v) is 3.81. The van der Waals surface area contributed by atoms with Crippen molar-refractivity contribution in [2.45, 2.75) is 12.5 Å². The number of hydrogen-bond donors (Lipinski definition) is 1. The van der Waals surface area contributed by atoms with Gasteiger partial charge in [0, 0.05) is 17.1 Å².